The molecule has 6 heteroatoms. The summed E-state index contributed by atoms with van der Waals surface area (Å²) in [6, 6.07) is 13.4. The molecular weight excluding hydrogens is 391 g/mol. The van der Waals surface area contributed by atoms with Gasteiger partial charge < -0.3 is 0 Å². The molecule has 0 unspecified atom stereocenters. The molecule has 2 aromatic rings. The van der Waals surface area contributed by atoms with E-state index >= 15 is 0 Å². The fraction of sp³-hybridized carbons (Fsp3) is 0.143. The summed E-state index contributed by atoms with van der Waals surface area (Å²) in [7, 11) is -3.91. The molecule has 0 heterocycles. The second-order valence-corrected chi connectivity index (χ2v) is 9.50. The van der Waals surface area contributed by atoms with Gasteiger partial charge in [0, 0.05) is 0 Å². The number of benzene rings is 2. The molecule has 0 aliphatic rings. The van der Waals surface area contributed by atoms with Crippen LogP contribution in [0.1, 0.15) is 11.1 Å². The standard InChI is InChI=1S/C14H15IO4S/c1-11-3-7-13(8-4-11)15(16)19-20(17,18)14-9-5-12(2)6-10-14/h3-10,16H,1-2H3. The van der Waals surface area contributed by atoms with Crippen LogP contribution in [0.25, 0.3) is 0 Å². The van der Waals surface area contributed by atoms with Gasteiger partial charge in [-0.2, -0.15) is 0 Å². The monoisotopic (exact) mass is 406 g/mol. The normalized spacial score (nSPS) is 12.2. The van der Waals surface area contributed by atoms with Gasteiger partial charge in [-0.25, -0.2) is 0 Å². The summed E-state index contributed by atoms with van der Waals surface area (Å²) in [4.78, 5) is 0.0616. The molecule has 0 fully saturated rings. The van der Waals surface area contributed by atoms with Gasteiger partial charge in [-0.05, 0) is 0 Å². The molecular formula is C14H15IO4S. The summed E-state index contributed by atoms with van der Waals surface area (Å²) >= 11 is -3.16. The van der Waals surface area contributed by atoms with Crippen molar-refractivity contribution in [2.24, 2.45) is 0 Å². The number of rotatable bonds is 4. The molecule has 2 aromatic carbocycles. The Kier molecular flexibility index (Phi) is 4.79. The summed E-state index contributed by atoms with van der Waals surface area (Å²) in [6.07, 6.45) is 0. The molecule has 0 aromatic heterocycles. The van der Waals surface area contributed by atoms with Crippen LogP contribution in [-0.4, -0.2) is 11.9 Å². The van der Waals surface area contributed by atoms with Crippen LogP contribution in [0.3, 0.4) is 0 Å². The van der Waals surface area contributed by atoms with Gasteiger partial charge in [-0.1, -0.05) is 0 Å². The maximum atomic E-state index is 12.1. The third kappa shape index (κ3) is 3.78. The Labute approximate surface area is 127 Å². The van der Waals surface area contributed by atoms with Gasteiger partial charge in [0.15, 0.2) is 0 Å². The van der Waals surface area contributed by atoms with Crippen molar-refractivity contribution in [3.05, 3.63) is 63.2 Å². The molecule has 0 spiro atoms. The van der Waals surface area contributed by atoms with Crippen molar-refractivity contribution in [1.82, 2.24) is 0 Å². The molecule has 0 aliphatic heterocycles. The first-order valence-corrected chi connectivity index (χ1v) is 10.2. The molecule has 0 atom stereocenters. The molecule has 4 nitrogen and oxygen atoms in total. The van der Waals surface area contributed by atoms with E-state index in [2.05, 4.69) is 0 Å². The van der Waals surface area contributed by atoms with Crippen molar-refractivity contribution < 1.29 is 14.4 Å². The van der Waals surface area contributed by atoms with Crippen LogP contribution in [0.5, 0.6) is 0 Å². The number of aryl methyl sites for hydroxylation is 2. The zero-order valence-electron chi connectivity index (χ0n) is 11.1. The number of halogens is 1. The minimum absolute atomic E-state index is 0.0616. The molecule has 20 heavy (non-hydrogen) atoms. The molecule has 1 N–H and O–H groups in total. The third-order valence-electron chi connectivity index (χ3n) is 2.65. The first-order chi connectivity index (χ1) is 9.38. The van der Waals surface area contributed by atoms with Crippen LogP contribution < -0.4 is 0 Å². The molecule has 108 valence electrons. The Morgan fingerprint density at radius 3 is 1.85 bits per heavy atom. The van der Waals surface area contributed by atoms with Crippen LogP contribution in [0, 0.1) is 17.4 Å². The predicted molar refractivity (Wildman–Crippen MR) is 85.6 cm³/mol. The summed E-state index contributed by atoms with van der Waals surface area (Å²) in [5.74, 6) is 0. The van der Waals surface area contributed by atoms with E-state index in [0.29, 0.717) is 3.57 Å². The molecule has 0 radical (unpaired) electrons. The average Bonchev–Trinajstić information content (AvgIpc) is 2.39. The van der Waals surface area contributed by atoms with Crippen LogP contribution in [0.2, 0.25) is 0 Å². The van der Waals surface area contributed by atoms with E-state index in [1.54, 1.807) is 24.3 Å². The van der Waals surface area contributed by atoms with Crippen LogP contribution in [0.15, 0.2) is 53.4 Å². The molecule has 0 bridgehead atoms. The summed E-state index contributed by atoms with van der Waals surface area (Å²) in [5, 5.41) is 0. The summed E-state index contributed by atoms with van der Waals surface area (Å²) < 4.78 is 39.6. The maximum absolute atomic E-state index is 12.1. The zero-order valence-corrected chi connectivity index (χ0v) is 14.1. The van der Waals surface area contributed by atoms with E-state index in [0.717, 1.165) is 11.1 Å². The van der Waals surface area contributed by atoms with Crippen molar-refractivity contribution >= 4 is 30.8 Å². The van der Waals surface area contributed by atoms with Gasteiger partial charge in [-0.3, -0.25) is 0 Å². The van der Waals surface area contributed by atoms with Gasteiger partial charge in [0.2, 0.25) is 0 Å². The van der Waals surface area contributed by atoms with E-state index in [1.165, 1.54) is 12.1 Å². The van der Waals surface area contributed by atoms with E-state index < -0.39 is 30.8 Å². The summed E-state index contributed by atoms with van der Waals surface area (Å²) in [6.45, 7) is 3.79. The predicted octanol–water partition coefficient (Wildman–Crippen LogP) is 3.21. The summed E-state index contributed by atoms with van der Waals surface area (Å²) in [5.41, 5.74) is 2.00. The Bertz CT molecular complexity index is 678. The molecule has 0 aliphatic carbocycles. The van der Waals surface area contributed by atoms with Crippen LogP contribution in [0.4, 0.5) is 0 Å². The van der Waals surface area contributed by atoms with Gasteiger partial charge in [0.1, 0.15) is 0 Å². The van der Waals surface area contributed by atoms with Crippen LogP contribution >= 0.6 is 20.6 Å². The Hall–Kier alpha value is -0.960. The first kappa shape index (κ1) is 15.4. The van der Waals surface area contributed by atoms with Crippen molar-refractivity contribution in [2.45, 2.75) is 18.7 Å². The van der Waals surface area contributed by atoms with E-state index in [4.69, 9.17) is 2.51 Å². The SMILES string of the molecule is Cc1ccc(I(O)OS(=O)(=O)c2ccc(C)cc2)cc1. The van der Waals surface area contributed by atoms with Crippen molar-refractivity contribution in [2.75, 3.05) is 0 Å². The Morgan fingerprint density at radius 2 is 1.35 bits per heavy atom. The first-order valence-electron chi connectivity index (χ1n) is 5.86. The van der Waals surface area contributed by atoms with Gasteiger partial charge in [-0.15, -0.1) is 0 Å². The molecule has 2 rings (SSSR count). The topological polar surface area (TPSA) is 63.6 Å². The van der Waals surface area contributed by atoms with Crippen molar-refractivity contribution in [3.63, 3.8) is 0 Å². The van der Waals surface area contributed by atoms with Gasteiger partial charge in [0.05, 0.1) is 0 Å². The average molecular weight is 406 g/mol. The van der Waals surface area contributed by atoms with Crippen LogP contribution in [-0.2, 0) is 12.6 Å². The zero-order chi connectivity index (χ0) is 14.8. The third-order valence-corrected chi connectivity index (χ3v) is 8.01. The number of hydrogen-bond acceptors (Lipinski definition) is 4. The van der Waals surface area contributed by atoms with E-state index in [-0.39, 0.29) is 4.90 Å². The van der Waals surface area contributed by atoms with Gasteiger partial charge >= 0.3 is 127 Å². The molecule has 0 saturated heterocycles. The number of hydrogen-bond donors (Lipinski definition) is 1. The second-order valence-electron chi connectivity index (χ2n) is 4.36. The quantitative estimate of drug-likeness (QED) is 0.793. The van der Waals surface area contributed by atoms with E-state index in [1.807, 2.05) is 26.0 Å². The fourth-order valence-electron chi connectivity index (χ4n) is 1.50. The Morgan fingerprint density at radius 1 is 0.900 bits per heavy atom. The van der Waals surface area contributed by atoms with Gasteiger partial charge in [0.25, 0.3) is 0 Å². The molecule has 0 amide bonds. The van der Waals surface area contributed by atoms with E-state index in [9.17, 15) is 11.9 Å². The minimum atomic E-state index is -3.91. The molecule has 0 saturated carbocycles. The van der Waals surface area contributed by atoms with Crippen molar-refractivity contribution in [3.8, 4) is 0 Å². The Balaban J connectivity index is 2.19. The fourth-order valence-corrected chi connectivity index (χ4v) is 5.83. The van der Waals surface area contributed by atoms with Crippen molar-refractivity contribution in [1.29, 1.82) is 0 Å². The second kappa shape index (κ2) is 6.21.